The molecule has 2 N–H and O–H groups in total. The van der Waals surface area contributed by atoms with Gasteiger partial charge in [0.15, 0.2) is 9.84 Å². The predicted octanol–water partition coefficient (Wildman–Crippen LogP) is 1.13. The van der Waals surface area contributed by atoms with Crippen LogP contribution in [0.4, 0.5) is 0 Å². The van der Waals surface area contributed by atoms with Gasteiger partial charge in [-0.1, -0.05) is 13.0 Å². The molecule has 5 nitrogen and oxygen atoms in total. The van der Waals surface area contributed by atoms with Gasteiger partial charge in [-0.15, -0.1) is 0 Å². The fraction of sp³-hybridized carbons (Fsp3) is 0.500. The molecule has 0 bridgehead atoms. The maximum absolute atomic E-state index is 12.0. The molecule has 20 heavy (non-hydrogen) atoms. The number of rotatable bonds is 7. The molecule has 1 aromatic rings. The van der Waals surface area contributed by atoms with E-state index in [1.165, 1.54) is 12.1 Å². The summed E-state index contributed by atoms with van der Waals surface area (Å²) < 4.78 is 23.0. The molecule has 0 aliphatic rings. The number of sulfone groups is 1. The number of hydrogen-bond acceptors (Lipinski definition) is 4. The zero-order valence-corrected chi connectivity index (χ0v) is 13.0. The molecule has 0 aliphatic heterocycles. The molecular weight excluding hydrogens is 276 g/mol. The van der Waals surface area contributed by atoms with Crippen LogP contribution in [0, 0.1) is 6.92 Å². The first kappa shape index (κ1) is 16.7. The highest BCUT2D eigenvalue weighted by molar-refractivity contribution is 7.90. The minimum atomic E-state index is -3.30. The smallest absolute Gasteiger partial charge is 0.251 e. The van der Waals surface area contributed by atoms with E-state index in [9.17, 15) is 13.2 Å². The highest BCUT2D eigenvalue weighted by Crippen LogP contribution is 2.15. The summed E-state index contributed by atoms with van der Waals surface area (Å²) in [4.78, 5) is 12.2. The van der Waals surface area contributed by atoms with E-state index in [4.69, 9.17) is 0 Å². The van der Waals surface area contributed by atoms with E-state index in [1.807, 2.05) is 0 Å². The maximum atomic E-state index is 12.0. The van der Waals surface area contributed by atoms with E-state index < -0.39 is 9.84 Å². The van der Waals surface area contributed by atoms with Crippen LogP contribution in [0.5, 0.6) is 0 Å². The molecule has 6 heteroatoms. The van der Waals surface area contributed by atoms with Crippen molar-refractivity contribution in [3.63, 3.8) is 0 Å². The van der Waals surface area contributed by atoms with Gasteiger partial charge in [0.2, 0.25) is 0 Å². The lowest BCUT2D eigenvalue weighted by Gasteiger charge is -2.09. The third kappa shape index (κ3) is 4.94. The summed E-state index contributed by atoms with van der Waals surface area (Å²) in [5, 5.41) is 5.96. The van der Waals surface area contributed by atoms with Crippen molar-refractivity contribution in [3.8, 4) is 0 Å². The Morgan fingerprint density at radius 3 is 2.50 bits per heavy atom. The topological polar surface area (TPSA) is 75.3 Å². The van der Waals surface area contributed by atoms with Gasteiger partial charge in [-0.3, -0.25) is 4.79 Å². The quantitative estimate of drug-likeness (QED) is 0.740. The summed E-state index contributed by atoms with van der Waals surface area (Å²) in [6.45, 7) is 5.99. The SMILES string of the molecule is CCCNCCNC(=O)c1cc(S(C)(=O)=O)ccc1C. The molecule has 0 aliphatic carbocycles. The van der Waals surface area contributed by atoms with Crippen LogP contribution >= 0.6 is 0 Å². The Labute approximate surface area is 120 Å². The van der Waals surface area contributed by atoms with Gasteiger partial charge >= 0.3 is 0 Å². The molecule has 112 valence electrons. The lowest BCUT2D eigenvalue weighted by molar-refractivity contribution is 0.0953. The fourth-order valence-electron chi connectivity index (χ4n) is 1.74. The van der Waals surface area contributed by atoms with Gasteiger partial charge in [-0.25, -0.2) is 8.42 Å². The van der Waals surface area contributed by atoms with Crippen LogP contribution in [0.1, 0.15) is 29.3 Å². The molecule has 1 aromatic carbocycles. The van der Waals surface area contributed by atoms with Crippen LogP contribution in [0.2, 0.25) is 0 Å². The Morgan fingerprint density at radius 2 is 1.90 bits per heavy atom. The third-order valence-corrected chi connectivity index (χ3v) is 4.01. The molecule has 0 unspecified atom stereocenters. The van der Waals surface area contributed by atoms with Crippen molar-refractivity contribution in [2.24, 2.45) is 0 Å². The second kappa shape index (κ2) is 7.40. The van der Waals surface area contributed by atoms with Crippen molar-refractivity contribution >= 4 is 15.7 Å². The Balaban J connectivity index is 2.72. The second-order valence-corrected chi connectivity index (χ2v) is 6.77. The van der Waals surface area contributed by atoms with E-state index in [-0.39, 0.29) is 10.8 Å². The van der Waals surface area contributed by atoms with Crippen molar-refractivity contribution in [2.75, 3.05) is 25.9 Å². The first-order valence-corrected chi connectivity index (χ1v) is 8.55. The molecule has 0 heterocycles. The van der Waals surface area contributed by atoms with E-state index in [1.54, 1.807) is 13.0 Å². The van der Waals surface area contributed by atoms with Crippen molar-refractivity contribution in [1.29, 1.82) is 0 Å². The van der Waals surface area contributed by atoms with Crippen molar-refractivity contribution in [3.05, 3.63) is 29.3 Å². The molecule has 0 saturated heterocycles. The number of hydrogen-bond donors (Lipinski definition) is 2. The zero-order valence-electron chi connectivity index (χ0n) is 12.2. The van der Waals surface area contributed by atoms with Crippen molar-refractivity contribution in [2.45, 2.75) is 25.2 Å². The highest BCUT2D eigenvalue weighted by Gasteiger charge is 2.13. The van der Waals surface area contributed by atoms with Crippen LogP contribution in [0.3, 0.4) is 0 Å². The van der Waals surface area contributed by atoms with Crippen LogP contribution in [0.15, 0.2) is 23.1 Å². The molecule has 0 aromatic heterocycles. The zero-order chi connectivity index (χ0) is 15.2. The molecule has 0 radical (unpaired) electrons. The van der Waals surface area contributed by atoms with E-state index in [0.29, 0.717) is 18.7 Å². The van der Waals surface area contributed by atoms with E-state index in [2.05, 4.69) is 17.6 Å². The average molecular weight is 298 g/mol. The molecule has 0 atom stereocenters. The van der Waals surface area contributed by atoms with Gasteiger partial charge < -0.3 is 10.6 Å². The van der Waals surface area contributed by atoms with Gasteiger partial charge in [-0.2, -0.15) is 0 Å². The standard InChI is InChI=1S/C14H22N2O3S/c1-4-7-15-8-9-16-14(17)13-10-12(20(3,18)19)6-5-11(13)2/h5-6,10,15H,4,7-9H2,1-3H3,(H,16,17). The van der Waals surface area contributed by atoms with Crippen LogP contribution < -0.4 is 10.6 Å². The van der Waals surface area contributed by atoms with Crippen LogP contribution in [-0.2, 0) is 9.84 Å². The molecule has 0 fully saturated rings. The summed E-state index contributed by atoms with van der Waals surface area (Å²) in [5.74, 6) is -0.244. The minimum absolute atomic E-state index is 0.164. The number of carbonyl (C=O) groups is 1. The summed E-state index contributed by atoms with van der Waals surface area (Å²) in [6.07, 6.45) is 2.18. The maximum Gasteiger partial charge on any atom is 0.251 e. The second-order valence-electron chi connectivity index (χ2n) is 4.75. The Bertz CT molecular complexity index is 568. The normalized spacial score (nSPS) is 11.3. The number of carbonyl (C=O) groups excluding carboxylic acids is 1. The molecule has 1 rings (SSSR count). The molecule has 1 amide bonds. The number of amides is 1. The summed E-state index contributed by atoms with van der Waals surface area (Å²) in [6, 6.07) is 4.60. The Morgan fingerprint density at radius 1 is 1.20 bits per heavy atom. The Kier molecular flexibility index (Phi) is 6.16. The van der Waals surface area contributed by atoms with Gasteiger partial charge in [0.05, 0.1) is 4.90 Å². The summed E-state index contributed by atoms with van der Waals surface area (Å²) >= 11 is 0. The Hall–Kier alpha value is -1.40. The van der Waals surface area contributed by atoms with E-state index >= 15 is 0 Å². The van der Waals surface area contributed by atoms with Gasteiger partial charge in [0.25, 0.3) is 5.91 Å². The molecule has 0 saturated carbocycles. The van der Waals surface area contributed by atoms with E-state index in [0.717, 1.165) is 24.8 Å². The van der Waals surface area contributed by atoms with Crippen molar-refractivity contribution < 1.29 is 13.2 Å². The highest BCUT2D eigenvalue weighted by atomic mass is 32.2. The first-order chi connectivity index (χ1) is 9.36. The van der Waals surface area contributed by atoms with Gasteiger partial charge in [-0.05, 0) is 37.6 Å². The largest absolute Gasteiger partial charge is 0.351 e. The predicted molar refractivity (Wildman–Crippen MR) is 79.8 cm³/mol. The lowest BCUT2D eigenvalue weighted by atomic mass is 10.1. The monoisotopic (exact) mass is 298 g/mol. The lowest BCUT2D eigenvalue weighted by Crippen LogP contribution is -2.32. The minimum Gasteiger partial charge on any atom is -0.351 e. The molecule has 0 spiro atoms. The van der Waals surface area contributed by atoms with Crippen LogP contribution in [-0.4, -0.2) is 40.2 Å². The van der Waals surface area contributed by atoms with Gasteiger partial charge in [0.1, 0.15) is 0 Å². The summed E-state index contributed by atoms with van der Waals surface area (Å²) in [5.41, 5.74) is 1.17. The number of benzene rings is 1. The fourth-order valence-corrected chi connectivity index (χ4v) is 2.38. The molecular formula is C14H22N2O3S. The number of nitrogens with one attached hydrogen (secondary N) is 2. The summed E-state index contributed by atoms with van der Waals surface area (Å²) in [7, 11) is -3.30. The first-order valence-electron chi connectivity index (χ1n) is 6.66. The third-order valence-electron chi connectivity index (χ3n) is 2.90. The average Bonchev–Trinajstić information content (AvgIpc) is 2.37. The number of aryl methyl sites for hydroxylation is 1. The van der Waals surface area contributed by atoms with Crippen molar-refractivity contribution in [1.82, 2.24) is 10.6 Å². The van der Waals surface area contributed by atoms with Crippen LogP contribution in [0.25, 0.3) is 0 Å². The van der Waals surface area contributed by atoms with Gasteiger partial charge in [0, 0.05) is 24.9 Å².